The first kappa shape index (κ1) is 7.98. The van der Waals surface area contributed by atoms with Crippen molar-refractivity contribution in [1.82, 2.24) is 5.32 Å². The monoisotopic (exact) mass is 145 g/mol. The highest BCUT2D eigenvalue weighted by Crippen LogP contribution is 2.02. The summed E-state index contributed by atoms with van der Waals surface area (Å²) in [7, 11) is 1.70. The summed E-state index contributed by atoms with van der Waals surface area (Å²) >= 11 is 0. The summed E-state index contributed by atoms with van der Waals surface area (Å²) in [5.41, 5.74) is 0. The topological polar surface area (TPSA) is 30.5 Å². The van der Waals surface area contributed by atoms with E-state index < -0.39 is 0 Å². The molecule has 1 N–H and O–H groups in total. The summed E-state index contributed by atoms with van der Waals surface area (Å²) in [6.45, 7) is 4.63. The standard InChI is InChI=1S/C7H15NO2/c1-6-3-8-4-7(10-6)5-9-2/h6-8H,3-5H2,1-2H3. The lowest BCUT2D eigenvalue weighted by Gasteiger charge is -2.27. The summed E-state index contributed by atoms with van der Waals surface area (Å²) in [5.74, 6) is 0. The Labute approximate surface area is 61.7 Å². The van der Waals surface area contributed by atoms with Gasteiger partial charge in [-0.2, -0.15) is 0 Å². The minimum Gasteiger partial charge on any atom is -0.382 e. The van der Waals surface area contributed by atoms with Gasteiger partial charge < -0.3 is 14.8 Å². The molecule has 3 nitrogen and oxygen atoms in total. The summed E-state index contributed by atoms with van der Waals surface area (Å²) in [6.07, 6.45) is 0.572. The molecule has 0 aromatic heterocycles. The zero-order valence-electron chi connectivity index (χ0n) is 6.59. The Morgan fingerprint density at radius 1 is 1.60 bits per heavy atom. The maximum absolute atomic E-state index is 5.54. The van der Waals surface area contributed by atoms with Gasteiger partial charge in [-0.1, -0.05) is 0 Å². The summed E-state index contributed by atoms with van der Waals surface area (Å²) in [4.78, 5) is 0. The van der Waals surface area contributed by atoms with Gasteiger partial charge in [0, 0.05) is 20.2 Å². The largest absolute Gasteiger partial charge is 0.382 e. The van der Waals surface area contributed by atoms with Gasteiger partial charge in [0.15, 0.2) is 0 Å². The quantitative estimate of drug-likeness (QED) is 0.593. The summed E-state index contributed by atoms with van der Waals surface area (Å²) in [6, 6.07) is 0. The molecule has 1 fully saturated rings. The van der Waals surface area contributed by atoms with Gasteiger partial charge in [0.2, 0.25) is 0 Å². The van der Waals surface area contributed by atoms with Crippen molar-refractivity contribution in [3.8, 4) is 0 Å². The Hall–Kier alpha value is -0.120. The van der Waals surface area contributed by atoms with Crippen LogP contribution in [0.4, 0.5) is 0 Å². The molecule has 0 aromatic rings. The molecule has 3 heteroatoms. The fourth-order valence-electron chi connectivity index (χ4n) is 1.16. The highest BCUT2D eigenvalue weighted by atomic mass is 16.5. The first-order valence-electron chi connectivity index (χ1n) is 3.68. The van der Waals surface area contributed by atoms with E-state index in [0.717, 1.165) is 13.1 Å². The molecule has 1 saturated heterocycles. The number of ether oxygens (including phenoxy) is 2. The Kier molecular flexibility index (Phi) is 3.12. The van der Waals surface area contributed by atoms with Gasteiger partial charge in [0.25, 0.3) is 0 Å². The van der Waals surface area contributed by atoms with E-state index in [1.807, 2.05) is 0 Å². The molecule has 0 aromatic carbocycles. The van der Waals surface area contributed by atoms with Crippen molar-refractivity contribution in [3.05, 3.63) is 0 Å². The van der Waals surface area contributed by atoms with Crippen LogP contribution in [0.25, 0.3) is 0 Å². The van der Waals surface area contributed by atoms with Crippen LogP contribution in [0.5, 0.6) is 0 Å². The van der Waals surface area contributed by atoms with Gasteiger partial charge in [0.1, 0.15) is 0 Å². The Morgan fingerprint density at radius 2 is 2.40 bits per heavy atom. The average molecular weight is 145 g/mol. The maximum atomic E-state index is 5.54. The Balaban J connectivity index is 2.18. The molecule has 1 heterocycles. The third-order valence-electron chi connectivity index (χ3n) is 1.58. The molecule has 1 aliphatic rings. The SMILES string of the molecule is COCC1CNCC(C)O1. The Morgan fingerprint density at radius 3 is 3.00 bits per heavy atom. The second-order valence-corrected chi connectivity index (χ2v) is 2.68. The number of rotatable bonds is 2. The van der Waals surface area contributed by atoms with Crippen LogP contribution in [0.1, 0.15) is 6.92 Å². The van der Waals surface area contributed by atoms with Crippen molar-refractivity contribution in [3.63, 3.8) is 0 Å². The van der Waals surface area contributed by atoms with E-state index in [9.17, 15) is 0 Å². The minimum atomic E-state index is 0.244. The van der Waals surface area contributed by atoms with Crippen LogP contribution < -0.4 is 5.32 Å². The fourth-order valence-corrected chi connectivity index (χ4v) is 1.16. The van der Waals surface area contributed by atoms with Crippen LogP contribution in [0, 0.1) is 0 Å². The molecule has 0 bridgehead atoms. The predicted octanol–water partition coefficient (Wildman–Crippen LogP) is 0.00970. The number of nitrogens with one attached hydrogen (secondary N) is 1. The average Bonchev–Trinajstić information content (AvgIpc) is 1.88. The van der Waals surface area contributed by atoms with Gasteiger partial charge in [0.05, 0.1) is 18.8 Å². The third-order valence-corrected chi connectivity index (χ3v) is 1.58. The molecule has 0 amide bonds. The molecule has 2 atom stereocenters. The van der Waals surface area contributed by atoms with Crippen LogP contribution in [0.2, 0.25) is 0 Å². The van der Waals surface area contributed by atoms with Crippen LogP contribution in [-0.4, -0.2) is 39.0 Å². The van der Waals surface area contributed by atoms with Crippen molar-refractivity contribution >= 4 is 0 Å². The molecule has 0 saturated carbocycles. The highest BCUT2D eigenvalue weighted by molar-refractivity contribution is 4.70. The molecule has 0 radical (unpaired) electrons. The van der Waals surface area contributed by atoms with E-state index in [-0.39, 0.29) is 6.10 Å². The van der Waals surface area contributed by atoms with Crippen molar-refractivity contribution in [2.75, 3.05) is 26.8 Å². The molecule has 1 aliphatic heterocycles. The molecule has 1 rings (SSSR count). The number of hydrogen-bond donors (Lipinski definition) is 1. The van der Waals surface area contributed by atoms with Gasteiger partial charge in [-0.05, 0) is 6.92 Å². The maximum Gasteiger partial charge on any atom is 0.0936 e. The summed E-state index contributed by atoms with van der Waals surface area (Å²) < 4.78 is 10.5. The van der Waals surface area contributed by atoms with E-state index in [4.69, 9.17) is 9.47 Å². The summed E-state index contributed by atoms with van der Waals surface area (Å²) in [5, 5.41) is 3.26. The van der Waals surface area contributed by atoms with E-state index in [1.54, 1.807) is 7.11 Å². The van der Waals surface area contributed by atoms with E-state index >= 15 is 0 Å². The first-order chi connectivity index (χ1) is 4.83. The Bertz CT molecular complexity index is 95.6. The lowest BCUT2D eigenvalue weighted by Crippen LogP contribution is -2.45. The molecule has 10 heavy (non-hydrogen) atoms. The third kappa shape index (κ3) is 2.25. The first-order valence-corrected chi connectivity index (χ1v) is 3.68. The van der Waals surface area contributed by atoms with E-state index in [0.29, 0.717) is 12.7 Å². The van der Waals surface area contributed by atoms with E-state index in [2.05, 4.69) is 12.2 Å². The minimum absolute atomic E-state index is 0.244. The molecule has 0 spiro atoms. The van der Waals surface area contributed by atoms with Gasteiger partial charge in [-0.15, -0.1) is 0 Å². The fraction of sp³-hybridized carbons (Fsp3) is 1.00. The van der Waals surface area contributed by atoms with Crippen molar-refractivity contribution in [2.24, 2.45) is 0 Å². The van der Waals surface area contributed by atoms with Crippen LogP contribution >= 0.6 is 0 Å². The van der Waals surface area contributed by atoms with Crippen molar-refractivity contribution in [1.29, 1.82) is 0 Å². The van der Waals surface area contributed by atoms with Crippen LogP contribution in [0.3, 0.4) is 0 Å². The van der Waals surface area contributed by atoms with Gasteiger partial charge >= 0.3 is 0 Å². The van der Waals surface area contributed by atoms with E-state index in [1.165, 1.54) is 0 Å². The zero-order valence-corrected chi connectivity index (χ0v) is 6.59. The lowest BCUT2D eigenvalue weighted by atomic mass is 10.2. The highest BCUT2D eigenvalue weighted by Gasteiger charge is 2.17. The number of morpholine rings is 1. The molecular formula is C7H15NO2. The van der Waals surface area contributed by atoms with Gasteiger partial charge in [-0.25, -0.2) is 0 Å². The smallest absolute Gasteiger partial charge is 0.0936 e. The van der Waals surface area contributed by atoms with Crippen molar-refractivity contribution < 1.29 is 9.47 Å². The van der Waals surface area contributed by atoms with Crippen molar-refractivity contribution in [2.45, 2.75) is 19.1 Å². The second kappa shape index (κ2) is 3.91. The van der Waals surface area contributed by atoms with Gasteiger partial charge in [-0.3, -0.25) is 0 Å². The molecular weight excluding hydrogens is 130 g/mol. The number of methoxy groups -OCH3 is 1. The van der Waals surface area contributed by atoms with Crippen LogP contribution in [0.15, 0.2) is 0 Å². The van der Waals surface area contributed by atoms with Crippen LogP contribution in [-0.2, 0) is 9.47 Å². The molecule has 2 unspecified atom stereocenters. The zero-order chi connectivity index (χ0) is 7.40. The molecule has 0 aliphatic carbocycles. The number of hydrogen-bond acceptors (Lipinski definition) is 3. The molecule has 60 valence electrons. The lowest BCUT2D eigenvalue weighted by molar-refractivity contribution is -0.0602. The normalized spacial score (nSPS) is 34.2. The predicted molar refractivity (Wildman–Crippen MR) is 39.1 cm³/mol. The second-order valence-electron chi connectivity index (χ2n) is 2.68.